The van der Waals surface area contributed by atoms with E-state index in [1.54, 1.807) is 19.1 Å². The van der Waals surface area contributed by atoms with Gasteiger partial charge in [0.2, 0.25) is 0 Å². The Morgan fingerprint density at radius 3 is 2.45 bits per heavy atom. The predicted octanol–water partition coefficient (Wildman–Crippen LogP) is 6.54. The van der Waals surface area contributed by atoms with Crippen molar-refractivity contribution in [1.29, 1.82) is 0 Å². The second-order valence-corrected chi connectivity index (χ2v) is 7.73. The van der Waals surface area contributed by atoms with Crippen molar-refractivity contribution in [3.63, 3.8) is 0 Å². The van der Waals surface area contributed by atoms with Gasteiger partial charge in [0, 0.05) is 23.1 Å². The van der Waals surface area contributed by atoms with Crippen molar-refractivity contribution in [2.75, 3.05) is 0 Å². The topological polar surface area (TPSA) is 56.5 Å². The van der Waals surface area contributed by atoms with Gasteiger partial charge in [0.1, 0.15) is 11.3 Å². The number of carbonyl (C=O) groups is 1. The lowest BCUT2D eigenvalue weighted by atomic mass is 10.0. The SMILES string of the molecule is Cc1c(OC(=O)/C=C/c2cccc3ccccc23)ccc2c(-c3ccccc3)cc(=O)oc12. The second kappa shape index (κ2) is 8.60. The summed E-state index contributed by atoms with van der Waals surface area (Å²) in [7, 11) is 0. The van der Waals surface area contributed by atoms with E-state index in [2.05, 4.69) is 0 Å². The van der Waals surface area contributed by atoms with Crippen LogP contribution in [-0.2, 0) is 4.79 Å². The summed E-state index contributed by atoms with van der Waals surface area (Å²) in [5.41, 5.74) is 3.16. The fraction of sp³-hybridized carbons (Fsp3) is 0.0345. The molecule has 0 aliphatic carbocycles. The summed E-state index contributed by atoms with van der Waals surface area (Å²) in [6.45, 7) is 1.77. The molecule has 0 saturated carbocycles. The van der Waals surface area contributed by atoms with E-state index in [4.69, 9.17) is 9.15 Å². The second-order valence-electron chi connectivity index (χ2n) is 7.73. The molecule has 33 heavy (non-hydrogen) atoms. The molecule has 0 N–H and O–H groups in total. The van der Waals surface area contributed by atoms with E-state index < -0.39 is 11.6 Å². The number of carbonyl (C=O) groups excluding carboxylic acids is 1. The maximum atomic E-state index is 12.6. The minimum atomic E-state index is -0.507. The Morgan fingerprint density at radius 2 is 1.61 bits per heavy atom. The van der Waals surface area contributed by atoms with E-state index in [1.165, 1.54) is 12.1 Å². The fourth-order valence-corrected chi connectivity index (χ4v) is 4.01. The molecule has 4 nitrogen and oxygen atoms in total. The van der Waals surface area contributed by atoms with Crippen LogP contribution in [0.25, 0.3) is 38.9 Å². The Balaban J connectivity index is 1.47. The van der Waals surface area contributed by atoms with Crippen molar-refractivity contribution >= 4 is 33.8 Å². The summed E-state index contributed by atoms with van der Waals surface area (Å²) in [6, 6.07) is 28.6. The first-order valence-electron chi connectivity index (χ1n) is 10.6. The van der Waals surface area contributed by atoms with Crippen molar-refractivity contribution < 1.29 is 13.9 Å². The van der Waals surface area contributed by atoms with E-state index in [9.17, 15) is 9.59 Å². The van der Waals surface area contributed by atoms with E-state index in [0.717, 1.165) is 32.8 Å². The van der Waals surface area contributed by atoms with Gasteiger partial charge in [-0.05, 0) is 52.6 Å². The third-order valence-electron chi connectivity index (χ3n) is 5.63. The summed E-state index contributed by atoms with van der Waals surface area (Å²) < 4.78 is 11.1. The molecular weight excluding hydrogens is 412 g/mol. The maximum Gasteiger partial charge on any atom is 0.336 e. The van der Waals surface area contributed by atoms with Crippen LogP contribution >= 0.6 is 0 Å². The van der Waals surface area contributed by atoms with E-state index in [-0.39, 0.29) is 0 Å². The molecule has 4 aromatic carbocycles. The molecular formula is C29H20O4. The number of ether oxygens (including phenoxy) is 1. The summed E-state index contributed by atoms with van der Waals surface area (Å²) in [5, 5.41) is 2.94. The first kappa shape index (κ1) is 20.5. The summed E-state index contributed by atoms with van der Waals surface area (Å²) in [5.74, 6) is -0.157. The lowest BCUT2D eigenvalue weighted by Gasteiger charge is -2.11. The molecule has 0 fully saturated rings. The van der Waals surface area contributed by atoms with Crippen LogP contribution in [0.2, 0.25) is 0 Å². The number of rotatable bonds is 4. The molecule has 0 aliphatic heterocycles. The van der Waals surface area contributed by atoms with Gasteiger partial charge in [-0.25, -0.2) is 9.59 Å². The highest BCUT2D eigenvalue weighted by Gasteiger charge is 2.14. The average molecular weight is 432 g/mol. The highest BCUT2D eigenvalue weighted by Crippen LogP contribution is 2.33. The van der Waals surface area contributed by atoms with Crippen LogP contribution in [0.4, 0.5) is 0 Å². The zero-order valence-electron chi connectivity index (χ0n) is 17.9. The molecule has 0 atom stereocenters. The number of hydrogen-bond donors (Lipinski definition) is 0. The Bertz CT molecular complexity index is 1570. The van der Waals surface area contributed by atoms with Gasteiger partial charge in [0.15, 0.2) is 0 Å². The van der Waals surface area contributed by atoms with Crippen molar-refractivity contribution in [1.82, 2.24) is 0 Å². The molecule has 0 aliphatic rings. The number of benzene rings is 4. The van der Waals surface area contributed by atoms with Gasteiger partial charge in [0.25, 0.3) is 0 Å². The molecule has 5 aromatic rings. The molecule has 0 unspecified atom stereocenters. The summed E-state index contributed by atoms with van der Waals surface area (Å²) in [6.07, 6.45) is 3.15. The summed E-state index contributed by atoms with van der Waals surface area (Å²) in [4.78, 5) is 24.8. The third kappa shape index (κ3) is 4.06. The van der Waals surface area contributed by atoms with Gasteiger partial charge in [-0.15, -0.1) is 0 Å². The normalized spacial score (nSPS) is 11.3. The standard InChI is InChI=1S/C29H20O4/c1-19-26(32-27(30)17-14-22-12-7-11-20-10-5-6-13-23(20)22)16-15-24-25(18-28(31)33-29(19)24)21-8-3-2-4-9-21/h2-18H,1H3/b17-14+. The van der Waals surface area contributed by atoms with Gasteiger partial charge >= 0.3 is 11.6 Å². The zero-order valence-corrected chi connectivity index (χ0v) is 17.9. The number of aryl methyl sites for hydroxylation is 1. The van der Waals surface area contributed by atoms with Crippen LogP contribution in [-0.4, -0.2) is 5.97 Å². The molecule has 5 rings (SSSR count). The highest BCUT2D eigenvalue weighted by atomic mass is 16.5. The smallest absolute Gasteiger partial charge is 0.336 e. The van der Waals surface area contributed by atoms with Crippen LogP contribution in [0.15, 0.2) is 106 Å². The van der Waals surface area contributed by atoms with Crippen molar-refractivity contribution in [3.05, 3.63) is 119 Å². The van der Waals surface area contributed by atoms with Crippen LogP contribution in [0.3, 0.4) is 0 Å². The number of fused-ring (bicyclic) bond motifs is 2. The maximum absolute atomic E-state index is 12.6. The highest BCUT2D eigenvalue weighted by molar-refractivity contribution is 5.98. The van der Waals surface area contributed by atoms with E-state index >= 15 is 0 Å². The summed E-state index contributed by atoms with van der Waals surface area (Å²) >= 11 is 0. The Labute approximate surface area is 190 Å². The third-order valence-corrected chi connectivity index (χ3v) is 5.63. The molecule has 4 heteroatoms. The molecule has 1 heterocycles. The van der Waals surface area contributed by atoms with Crippen molar-refractivity contribution in [2.45, 2.75) is 6.92 Å². The Hall–Kier alpha value is -4.44. The average Bonchev–Trinajstić information content (AvgIpc) is 2.85. The van der Waals surface area contributed by atoms with Crippen LogP contribution in [0, 0.1) is 6.92 Å². The molecule has 0 spiro atoms. The molecule has 160 valence electrons. The minimum absolute atomic E-state index is 0.350. The van der Waals surface area contributed by atoms with E-state index in [0.29, 0.717) is 16.9 Å². The largest absolute Gasteiger partial charge is 0.423 e. The van der Waals surface area contributed by atoms with Crippen molar-refractivity contribution in [3.8, 4) is 16.9 Å². The molecule has 0 saturated heterocycles. The first-order valence-corrected chi connectivity index (χ1v) is 10.6. The quantitative estimate of drug-likeness (QED) is 0.140. The molecule has 0 bridgehead atoms. The van der Waals surface area contributed by atoms with Crippen LogP contribution < -0.4 is 10.4 Å². The first-order chi connectivity index (χ1) is 16.1. The predicted molar refractivity (Wildman–Crippen MR) is 131 cm³/mol. The van der Waals surface area contributed by atoms with Gasteiger partial charge in [0.05, 0.1) is 0 Å². The molecule has 0 radical (unpaired) electrons. The van der Waals surface area contributed by atoms with Crippen LogP contribution in [0.5, 0.6) is 5.75 Å². The number of hydrogen-bond acceptors (Lipinski definition) is 4. The number of esters is 1. The van der Waals surface area contributed by atoms with Crippen LogP contribution in [0.1, 0.15) is 11.1 Å². The Morgan fingerprint density at radius 1 is 0.848 bits per heavy atom. The van der Waals surface area contributed by atoms with Crippen molar-refractivity contribution in [2.24, 2.45) is 0 Å². The lowest BCUT2D eigenvalue weighted by Crippen LogP contribution is -2.06. The lowest BCUT2D eigenvalue weighted by molar-refractivity contribution is -0.128. The van der Waals surface area contributed by atoms with E-state index in [1.807, 2.05) is 78.9 Å². The molecule has 0 amide bonds. The monoisotopic (exact) mass is 432 g/mol. The van der Waals surface area contributed by atoms with Gasteiger partial charge in [-0.2, -0.15) is 0 Å². The Kier molecular flexibility index (Phi) is 5.33. The zero-order chi connectivity index (χ0) is 22.8. The fourth-order valence-electron chi connectivity index (χ4n) is 4.01. The van der Waals surface area contributed by atoms with Gasteiger partial charge in [-0.1, -0.05) is 72.8 Å². The van der Waals surface area contributed by atoms with Gasteiger partial charge in [-0.3, -0.25) is 0 Å². The minimum Gasteiger partial charge on any atom is -0.423 e. The molecule has 1 aromatic heterocycles. The van der Waals surface area contributed by atoms with Gasteiger partial charge < -0.3 is 9.15 Å².